The van der Waals surface area contributed by atoms with E-state index in [1.807, 2.05) is 24.3 Å². The molecule has 4 aromatic rings. The van der Waals surface area contributed by atoms with Crippen molar-refractivity contribution in [2.45, 2.75) is 23.7 Å². The number of hydrogen-bond acceptors (Lipinski definition) is 8. The first-order chi connectivity index (χ1) is 15.0. The maximum Gasteiger partial charge on any atom is 0.243 e. The van der Waals surface area contributed by atoms with Gasteiger partial charge < -0.3 is 9.26 Å². The summed E-state index contributed by atoms with van der Waals surface area (Å²) < 4.78 is 39.2. The normalized spacial score (nSPS) is 16.0. The topological polar surface area (TPSA) is 98.4 Å². The van der Waals surface area contributed by atoms with Crippen LogP contribution in [0.4, 0.5) is 0 Å². The highest BCUT2D eigenvalue weighted by atomic mass is 32.2. The van der Waals surface area contributed by atoms with Crippen LogP contribution in [0.5, 0.6) is 5.75 Å². The molecule has 0 atom stereocenters. The van der Waals surface area contributed by atoms with Gasteiger partial charge in [0.2, 0.25) is 21.7 Å². The van der Waals surface area contributed by atoms with Crippen LogP contribution in [0, 0.1) is 0 Å². The zero-order valence-electron chi connectivity index (χ0n) is 16.8. The molecule has 3 heterocycles. The molecule has 2 aromatic carbocycles. The molecule has 10 heteroatoms. The van der Waals surface area contributed by atoms with Crippen LogP contribution in [-0.4, -0.2) is 48.0 Å². The first-order valence-electron chi connectivity index (χ1n) is 9.86. The molecule has 0 amide bonds. The van der Waals surface area contributed by atoms with Crippen LogP contribution in [0.2, 0.25) is 0 Å². The van der Waals surface area contributed by atoms with Gasteiger partial charge in [0, 0.05) is 24.6 Å². The number of thiazole rings is 1. The lowest BCUT2D eigenvalue weighted by atomic mass is 9.98. The van der Waals surface area contributed by atoms with Crippen LogP contribution in [0.25, 0.3) is 21.6 Å². The summed E-state index contributed by atoms with van der Waals surface area (Å²) in [5.74, 6) is 1.87. The van der Waals surface area contributed by atoms with Crippen molar-refractivity contribution in [1.82, 2.24) is 19.4 Å². The fourth-order valence-electron chi connectivity index (χ4n) is 3.75. The van der Waals surface area contributed by atoms with Crippen LogP contribution in [0.1, 0.15) is 24.7 Å². The Kier molecular flexibility index (Phi) is 5.20. The monoisotopic (exact) mass is 456 g/mol. The summed E-state index contributed by atoms with van der Waals surface area (Å²) in [6, 6.07) is 12.5. The Hall–Kier alpha value is -2.82. The van der Waals surface area contributed by atoms with Gasteiger partial charge in [-0.25, -0.2) is 13.4 Å². The number of ether oxygens (including phenoxy) is 1. The van der Waals surface area contributed by atoms with Gasteiger partial charge in [-0.2, -0.15) is 9.29 Å². The highest BCUT2D eigenvalue weighted by molar-refractivity contribution is 7.89. The number of benzene rings is 2. The summed E-state index contributed by atoms with van der Waals surface area (Å²) in [4.78, 5) is 9.06. The molecular formula is C21H20N4O4S2. The third kappa shape index (κ3) is 3.82. The highest BCUT2D eigenvalue weighted by Gasteiger charge is 2.32. The second kappa shape index (κ2) is 8.03. The van der Waals surface area contributed by atoms with Gasteiger partial charge in [0.25, 0.3) is 0 Å². The number of nitrogens with zero attached hydrogens (tertiary/aromatic N) is 4. The van der Waals surface area contributed by atoms with E-state index in [4.69, 9.17) is 9.26 Å². The predicted octanol–water partition coefficient (Wildman–Crippen LogP) is 3.92. The largest absolute Gasteiger partial charge is 0.497 e. The molecule has 0 spiro atoms. The Balaban J connectivity index is 1.28. The van der Waals surface area contributed by atoms with Gasteiger partial charge in [-0.15, -0.1) is 11.3 Å². The molecule has 1 aliphatic rings. The summed E-state index contributed by atoms with van der Waals surface area (Å²) in [5, 5.41) is 4.09. The molecule has 1 fully saturated rings. The predicted molar refractivity (Wildman–Crippen MR) is 117 cm³/mol. The van der Waals surface area contributed by atoms with Crippen molar-refractivity contribution in [1.29, 1.82) is 0 Å². The fourth-order valence-corrected chi connectivity index (χ4v) is 6.03. The number of sulfonamides is 1. The van der Waals surface area contributed by atoms with Crippen LogP contribution in [-0.2, 0) is 10.0 Å². The number of aromatic nitrogens is 3. The minimum Gasteiger partial charge on any atom is -0.497 e. The van der Waals surface area contributed by atoms with E-state index in [2.05, 4.69) is 15.1 Å². The molecule has 0 N–H and O–H groups in total. The molecule has 5 rings (SSSR count). The average Bonchev–Trinajstić information content (AvgIpc) is 3.48. The smallest absolute Gasteiger partial charge is 0.243 e. The average molecular weight is 457 g/mol. The number of methoxy groups -OCH3 is 1. The van der Waals surface area contributed by atoms with Crippen molar-refractivity contribution in [3.8, 4) is 17.1 Å². The van der Waals surface area contributed by atoms with Crippen molar-refractivity contribution in [3.05, 3.63) is 53.9 Å². The van der Waals surface area contributed by atoms with Crippen molar-refractivity contribution in [3.63, 3.8) is 0 Å². The van der Waals surface area contributed by atoms with E-state index in [-0.39, 0.29) is 5.92 Å². The van der Waals surface area contributed by atoms with Crippen molar-refractivity contribution < 1.29 is 17.7 Å². The third-order valence-electron chi connectivity index (χ3n) is 5.53. The molecule has 0 aliphatic carbocycles. The minimum absolute atomic E-state index is 0.0370. The first kappa shape index (κ1) is 20.1. The Morgan fingerprint density at radius 1 is 1.13 bits per heavy atom. The second-order valence-electron chi connectivity index (χ2n) is 7.34. The zero-order valence-corrected chi connectivity index (χ0v) is 18.4. The Morgan fingerprint density at radius 2 is 1.90 bits per heavy atom. The molecular weight excluding hydrogens is 436 g/mol. The van der Waals surface area contributed by atoms with E-state index in [0.29, 0.717) is 42.5 Å². The summed E-state index contributed by atoms with van der Waals surface area (Å²) in [5.41, 5.74) is 3.37. The summed E-state index contributed by atoms with van der Waals surface area (Å²) in [6.07, 6.45) is 1.26. The first-order valence-corrected chi connectivity index (χ1v) is 12.2. The van der Waals surface area contributed by atoms with Crippen LogP contribution in [0.3, 0.4) is 0 Å². The lowest BCUT2D eigenvalue weighted by molar-refractivity contribution is 0.271. The van der Waals surface area contributed by atoms with Crippen LogP contribution < -0.4 is 4.74 Å². The molecule has 0 bridgehead atoms. The second-order valence-corrected chi connectivity index (χ2v) is 10.2. The highest BCUT2D eigenvalue weighted by Crippen LogP contribution is 2.32. The van der Waals surface area contributed by atoms with Crippen LogP contribution in [0.15, 0.2) is 57.4 Å². The van der Waals surface area contributed by atoms with Crippen molar-refractivity contribution in [2.24, 2.45) is 0 Å². The molecule has 0 saturated carbocycles. The summed E-state index contributed by atoms with van der Waals surface area (Å²) in [7, 11) is -1.93. The molecule has 2 aromatic heterocycles. The lowest BCUT2D eigenvalue weighted by Gasteiger charge is -2.29. The summed E-state index contributed by atoms with van der Waals surface area (Å²) >= 11 is 1.44. The van der Waals surface area contributed by atoms with Gasteiger partial charge in [0.1, 0.15) is 5.75 Å². The molecule has 0 unspecified atom stereocenters. The maximum absolute atomic E-state index is 13.1. The quantitative estimate of drug-likeness (QED) is 0.449. The number of hydrogen-bond donors (Lipinski definition) is 0. The summed E-state index contributed by atoms with van der Waals surface area (Å²) in [6.45, 7) is 0.821. The van der Waals surface area contributed by atoms with Crippen molar-refractivity contribution >= 4 is 31.6 Å². The van der Waals surface area contributed by atoms with E-state index in [9.17, 15) is 8.42 Å². The Morgan fingerprint density at radius 3 is 2.65 bits per heavy atom. The van der Waals surface area contributed by atoms with E-state index in [0.717, 1.165) is 21.5 Å². The molecule has 1 aliphatic heterocycles. The SMILES string of the molecule is COc1ccc(-c2noc(C3CCN(S(=O)(=O)c4ccc5ncsc5c4)CC3)n2)cc1. The molecule has 160 valence electrons. The van der Waals surface area contributed by atoms with Gasteiger partial charge in [-0.1, -0.05) is 5.16 Å². The van der Waals surface area contributed by atoms with Gasteiger partial charge >= 0.3 is 0 Å². The van der Waals surface area contributed by atoms with Gasteiger partial charge in [0.15, 0.2) is 0 Å². The standard InChI is InChI=1S/C21H20N4O4S2/c1-28-16-4-2-14(3-5-16)20-23-21(29-24-20)15-8-10-25(11-9-15)31(26,27)17-6-7-18-19(12-17)30-13-22-18/h2-7,12-13,15H,8-11H2,1H3. The van der Waals surface area contributed by atoms with Gasteiger partial charge in [0.05, 0.1) is 27.7 Å². The van der Waals surface area contributed by atoms with Crippen LogP contribution >= 0.6 is 11.3 Å². The molecule has 1 saturated heterocycles. The van der Waals surface area contributed by atoms with E-state index in [1.54, 1.807) is 30.8 Å². The van der Waals surface area contributed by atoms with Gasteiger partial charge in [-0.05, 0) is 55.3 Å². The Bertz CT molecular complexity index is 1310. The third-order valence-corrected chi connectivity index (χ3v) is 8.22. The van der Waals surface area contributed by atoms with Crippen molar-refractivity contribution in [2.75, 3.05) is 20.2 Å². The minimum atomic E-state index is -3.55. The maximum atomic E-state index is 13.1. The zero-order chi connectivity index (χ0) is 21.4. The molecule has 8 nitrogen and oxygen atoms in total. The number of fused-ring (bicyclic) bond motifs is 1. The Labute approximate surface area is 183 Å². The van der Waals surface area contributed by atoms with Gasteiger partial charge in [-0.3, -0.25) is 0 Å². The number of rotatable bonds is 5. The fraction of sp³-hybridized carbons (Fsp3) is 0.286. The van der Waals surface area contributed by atoms with E-state index >= 15 is 0 Å². The molecule has 31 heavy (non-hydrogen) atoms. The molecule has 0 radical (unpaired) electrons. The lowest BCUT2D eigenvalue weighted by Crippen LogP contribution is -2.37. The van der Waals surface area contributed by atoms with E-state index < -0.39 is 10.0 Å². The number of piperidine rings is 1. The van der Waals surface area contributed by atoms with E-state index in [1.165, 1.54) is 15.6 Å².